The van der Waals surface area contributed by atoms with Crippen molar-refractivity contribution >= 4 is 28.3 Å². The molecule has 10 heteroatoms. The molecule has 0 aliphatic carbocycles. The van der Waals surface area contributed by atoms with Gasteiger partial charge in [-0.1, -0.05) is 24.3 Å². The topological polar surface area (TPSA) is 90.3 Å². The van der Waals surface area contributed by atoms with Crippen LogP contribution in [0.2, 0.25) is 0 Å². The Balaban J connectivity index is 1.78. The average Bonchev–Trinajstić information content (AvgIpc) is 2.70. The van der Waals surface area contributed by atoms with E-state index in [0.29, 0.717) is 0 Å². The molecule has 3 rings (SSSR count). The van der Waals surface area contributed by atoms with Gasteiger partial charge in [-0.25, -0.2) is 9.48 Å². The van der Waals surface area contributed by atoms with Gasteiger partial charge in [-0.3, -0.25) is 9.59 Å². The number of aromatic nitrogens is 2. The summed E-state index contributed by atoms with van der Waals surface area (Å²) in [5, 5.41) is 6.70. The molecule has 0 spiro atoms. The number of fused-ring (bicyclic) bond motifs is 1. The van der Waals surface area contributed by atoms with Gasteiger partial charge in [0.2, 0.25) is 0 Å². The number of esters is 1. The lowest BCUT2D eigenvalue weighted by atomic mass is 10.1. The molecule has 1 atom stereocenters. The Labute approximate surface area is 168 Å². The quantitative estimate of drug-likeness (QED) is 0.657. The molecule has 0 radical (unpaired) electrons. The number of ether oxygens (including phenoxy) is 1. The number of hydrogen-bond donors (Lipinski definition) is 1. The van der Waals surface area contributed by atoms with E-state index >= 15 is 0 Å². The van der Waals surface area contributed by atoms with Crippen molar-refractivity contribution < 1.29 is 27.5 Å². The first-order valence-corrected chi connectivity index (χ1v) is 8.73. The minimum absolute atomic E-state index is 0.0941. The monoisotopic (exact) mass is 419 g/mol. The maximum atomic E-state index is 12.8. The summed E-state index contributed by atoms with van der Waals surface area (Å²) in [6, 6.07) is 10.4. The Hall–Kier alpha value is -3.69. The van der Waals surface area contributed by atoms with E-state index < -0.39 is 35.3 Å². The van der Waals surface area contributed by atoms with E-state index in [1.165, 1.54) is 32.2 Å². The number of halogens is 3. The summed E-state index contributed by atoms with van der Waals surface area (Å²) < 4.78 is 44.5. The third kappa shape index (κ3) is 4.32. The number of carbonyl (C=O) groups excluding carboxylic acids is 2. The summed E-state index contributed by atoms with van der Waals surface area (Å²) in [6.07, 6.45) is -5.89. The predicted octanol–water partition coefficient (Wildman–Crippen LogP) is 3.14. The van der Waals surface area contributed by atoms with Gasteiger partial charge < -0.3 is 10.1 Å². The highest BCUT2D eigenvalue weighted by atomic mass is 19.4. The molecular formula is C20H16F3N3O4. The third-order valence-electron chi connectivity index (χ3n) is 4.26. The number of nitrogens with zero attached hydrogens (tertiary/aromatic N) is 2. The largest absolute Gasteiger partial charge is 0.448 e. The van der Waals surface area contributed by atoms with Gasteiger partial charge in [-0.15, -0.1) is 0 Å². The Kier molecular flexibility index (Phi) is 5.59. The van der Waals surface area contributed by atoms with Crippen LogP contribution in [-0.4, -0.2) is 27.8 Å². The molecule has 1 aromatic heterocycles. The fraction of sp³-hybridized carbons (Fsp3) is 0.200. The van der Waals surface area contributed by atoms with Crippen molar-refractivity contribution in [2.24, 2.45) is 7.05 Å². The first-order chi connectivity index (χ1) is 14.1. The molecule has 0 unspecified atom stereocenters. The molecule has 2 aromatic carbocycles. The van der Waals surface area contributed by atoms with Crippen molar-refractivity contribution in [1.82, 2.24) is 9.78 Å². The van der Waals surface area contributed by atoms with E-state index in [4.69, 9.17) is 4.74 Å². The minimum Gasteiger partial charge on any atom is -0.448 e. The molecule has 0 fully saturated rings. The zero-order valence-corrected chi connectivity index (χ0v) is 15.9. The molecule has 1 amide bonds. The van der Waals surface area contributed by atoms with Crippen LogP contribution in [0, 0.1) is 0 Å². The van der Waals surface area contributed by atoms with Crippen LogP contribution in [0.1, 0.15) is 23.0 Å². The molecule has 0 saturated carbocycles. The molecule has 7 nitrogen and oxygen atoms in total. The lowest BCUT2D eigenvalue weighted by molar-refractivity contribution is -0.137. The zero-order chi connectivity index (χ0) is 22.1. The molecule has 30 heavy (non-hydrogen) atoms. The molecule has 0 bridgehead atoms. The van der Waals surface area contributed by atoms with E-state index in [2.05, 4.69) is 10.4 Å². The van der Waals surface area contributed by atoms with E-state index in [9.17, 15) is 27.6 Å². The molecule has 1 heterocycles. The summed E-state index contributed by atoms with van der Waals surface area (Å²) in [4.78, 5) is 37.0. The number of alkyl halides is 3. The second-order valence-electron chi connectivity index (χ2n) is 6.44. The van der Waals surface area contributed by atoms with Gasteiger partial charge in [-0.05, 0) is 31.2 Å². The van der Waals surface area contributed by atoms with Crippen LogP contribution in [-0.2, 0) is 22.8 Å². The summed E-state index contributed by atoms with van der Waals surface area (Å²) in [5.74, 6) is -1.77. The van der Waals surface area contributed by atoms with Gasteiger partial charge in [0.1, 0.15) is 0 Å². The second-order valence-corrected chi connectivity index (χ2v) is 6.44. The number of carbonyl (C=O) groups is 2. The van der Waals surface area contributed by atoms with E-state index in [1.807, 2.05) is 0 Å². The Morgan fingerprint density at radius 1 is 1.10 bits per heavy atom. The summed E-state index contributed by atoms with van der Waals surface area (Å²) in [6.45, 7) is 1.27. The van der Waals surface area contributed by atoms with E-state index in [1.54, 1.807) is 12.1 Å². The molecule has 156 valence electrons. The predicted molar refractivity (Wildman–Crippen MR) is 102 cm³/mol. The van der Waals surface area contributed by atoms with Crippen molar-refractivity contribution in [3.8, 4) is 0 Å². The zero-order valence-electron chi connectivity index (χ0n) is 15.9. The fourth-order valence-corrected chi connectivity index (χ4v) is 2.74. The van der Waals surface area contributed by atoms with E-state index in [-0.39, 0.29) is 22.2 Å². The van der Waals surface area contributed by atoms with Crippen LogP contribution >= 0.6 is 0 Å². The number of anilines is 1. The third-order valence-corrected chi connectivity index (χ3v) is 4.26. The molecule has 0 saturated heterocycles. The molecule has 1 N–H and O–H groups in total. The maximum Gasteiger partial charge on any atom is 0.416 e. The van der Waals surface area contributed by atoms with Crippen LogP contribution in [0.4, 0.5) is 18.9 Å². The van der Waals surface area contributed by atoms with Gasteiger partial charge >= 0.3 is 12.1 Å². The van der Waals surface area contributed by atoms with Gasteiger partial charge in [0.05, 0.1) is 10.9 Å². The highest BCUT2D eigenvalue weighted by Gasteiger charge is 2.31. The number of amides is 1. The molecule has 0 aliphatic heterocycles. The van der Waals surface area contributed by atoms with Crippen LogP contribution < -0.4 is 10.9 Å². The number of aryl methyl sites for hydroxylation is 1. The lowest BCUT2D eigenvalue weighted by Crippen LogP contribution is -2.31. The van der Waals surface area contributed by atoms with Gasteiger partial charge in [-0.2, -0.15) is 18.3 Å². The first-order valence-electron chi connectivity index (χ1n) is 8.73. The Morgan fingerprint density at radius 3 is 2.43 bits per heavy atom. The van der Waals surface area contributed by atoms with Gasteiger partial charge in [0.15, 0.2) is 11.8 Å². The Bertz CT molecular complexity index is 1190. The fourth-order valence-electron chi connectivity index (χ4n) is 2.74. The van der Waals surface area contributed by atoms with Crippen molar-refractivity contribution in [3.05, 3.63) is 70.1 Å². The number of rotatable bonds is 4. The molecular weight excluding hydrogens is 403 g/mol. The highest BCUT2D eigenvalue weighted by molar-refractivity contribution is 6.03. The first kappa shape index (κ1) is 21.0. The lowest BCUT2D eigenvalue weighted by Gasteiger charge is -2.15. The smallest absolute Gasteiger partial charge is 0.416 e. The van der Waals surface area contributed by atoms with Crippen molar-refractivity contribution in [3.63, 3.8) is 0 Å². The summed E-state index contributed by atoms with van der Waals surface area (Å²) in [7, 11) is 1.37. The standard InChI is InChI=1S/C20H16F3N3O4/c1-11(17(27)24-13-7-5-6-12(10-13)20(21,22)23)30-19(29)16-14-8-3-4-9-15(14)18(28)26(2)25-16/h3-11H,1-2H3,(H,24,27)/t11-/m1/s1. The SMILES string of the molecule is C[C@@H](OC(=O)c1nn(C)c(=O)c2ccccc12)C(=O)Nc1cccc(C(F)(F)F)c1. The van der Waals surface area contributed by atoms with Crippen LogP contribution in [0.25, 0.3) is 10.8 Å². The maximum absolute atomic E-state index is 12.8. The Morgan fingerprint density at radius 2 is 1.77 bits per heavy atom. The summed E-state index contributed by atoms with van der Waals surface area (Å²) >= 11 is 0. The van der Waals surface area contributed by atoms with Crippen LogP contribution in [0.15, 0.2) is 53.3 Å². The molecule has 3 aromatic rings. The van der Waals surface area contributed by atoms with Crippen LogP contribution in [0.3, 0.4) is 0 Å². The minimum atomic E-state index is -4.56. The number of nitrogens with one attached hydrogen (secondary N) is 1. The van der Waals surface area contributed by atoms with Crippen LogP contribution in [0.5, 0.6) is 0 Å². The van der Waals surface area contributed by atoms with Crippen molar-refractivity contribution in [1.29, 1.82) is 0 Å². The van der Waals surface area contributed by atoms with Gasteiger partial charge in [0.25, 0.3) is 11.5 Å². The van der Waals surface area contributed by atoms with Crippen molar-refractivity contribution in [2.45, 2.75) is 19.2 Å². The average molecular weight is 419 g/mol. The normalized spacial score (nSPS) is 12.4. The highest BCUT2D eigenvalue weighted by Crippen LogP contribution is 2.30. The summed E-state index contributed by atoms with van der Waals surface area (Å²) in [5.41, 5.74) is -1.59. The second kappa shape index (κ2) is 7.97. The number of hydrogen-bond acceptors (Lipinski definition) is 5. The molecule has 0 aliphatic rings. The number of benzene rings is 2. The van der Waals surface area contributed by atoms with Gasteiger partial charge in [0, 0.05) is 18.1 Å². The van der Waals surface area contributed by atoms with E-state index in [0.717, 1.165) is 22.9 Å². The van der Waals surface area contributed by atoms with Crippen molar-refractivity contribution in [2.75, 3.05) is 5.32 Å².